The van der Waals surface area contributed by atoms with Gasteiger partial charge in [0.1, 0.15) is 11.5 Å². The Labute approximate surface area is 203 Å². The predicted molar refractivity (Wildman–Crippen MR) is 143 cm³/mol. The van der Waals surface area contributed by atoms with Gasteiger partial charge in [-0.25, -0.2) is 0 Å². The van der Waals surface area contributed by atoms with Gasteiger partial charge in [-0.3, -0.25) is 5.43 Å². The highest BCUT2D eigenvalue weighted by molar-refractivity contribution is 8.22. The minimum atomic E-state index is 0.603. The maximum Gasteiger partial charge on any atom is 0.154 e. The molecule has 0 spiro atoms. The third-order valence-corrected chi connectivity index (χ3v) is 6.57. The van der Waals surface area contributed by atoms with Crippen LogP contribution in [0, 0.1) is 6.92 Å². The van der Waals surface area contributed by atoms with Gasteiger partial charge in [0.2, 0.25) is 0 Å². The van der Waals surface area contributed by atoms with Gasteiger partial charge < -0.3 is 14.5 Å². The Morgan fingerprint density at radius 3 is 2.36 bits per heavy atom. The minimum Gasteiger partial charge on any atom is -0.496 e. The first kappa shape index (κ1) is 22.9. The third-order valence-electron chi connectivity index (χ3n) is 5.30. The molecule has 1 heterocycles. The number of methoxy groups -OCH3 is 2. The summed E-state index contributed by atoms with van der Waals surface area (Å²) in [6.07, 6.45) is 1.74. The molecule has 0 fully saturated rings. The highest BCUT2D eigenvalue weighted by Crippen LogP contribution is 2.42. The van der Waals surface area contributed by atoms with Crippen molar-refractivity contribution in [3.05, 3.63) is 83.6 Å². The van der Waals surface area contributed by atoms with Crippen molar-refractivity contribution in [1.29, 1.82) is 0 Å². The van der Waals surface area contributed by atoms with Gasteiger partial charge in [-0.15, -0.1) is 0 Å². The van der Waals surface area contributed by atoms with E-state index in [1.165, 1.54) is 17.3 Å². The number of aromatic nitrogens is 1. The fraction of sp³-hybridized carbons (Fsp3) is 0.154. The molecular weight excluding hydrogens is 450 g/mol. The maximum absolute atomic E-state index is 5.73. The molecule has 0 aliphatic rings. The van der Waals surface area contributed by atoms with Crippen molar-refractivity contribution in [2.75, 3.05) is 14.2 Å². The van der Waals surface area contributed by atoms with Crippen LogP contribution in [0.4, 0.5) is 0 Å². The molecule has 0 aliphatic heterocycles. The van der Waals surface area contributed by atoms with Crippen molar-refractivity contribution in [2.24, 2.45) is 5.10 Å². The number of thiocarbonyl (C=S) groups is 1. The van der Waals surface area contributed by atoms with Crippen molar-refractivity contribution in [3.63, 3.8) is 0 Å². The first-order valence-electron chi connectivity index (χ1n) is 10.4. The van der Waals surface area contributed by atoms with E-state index in [0.717, 1.165) is 44.8 Å². The molecule has 0 unspecified atom stereocenters. The summed E-state index contributed by atoms with van der Waals surface area (Å²) in [6.45, 7) is 2.06. The van der Waals surface area contributed by atoms with Crippen molar-refractivity contribution in [1.82, 2.24) is 10.4 Å². The number of H-pyrrole nitrogens is 1. The molecule has 1 aromatic heterocycles. The molecule has 3 aromatic carbocycles. The number of hydrogen-bond donors (Lipinski definition) is 2. The topological polar surface area (TPSA) is 58.6 Å². The lowest BCUT2D eigenvalue weighted by Gasteiger charge is -2.12. The summed E-state index contributed by atoms with van der Waals surface area (Å²) >= 11 is 6.97. The molecule has 0 atom stereocenters. The Hall–Kier alpha value is -3.29. The number of thioether (sulfide) groups is 1. The van der Waals surface area contributed by atoms with E-state index >= 15 is 0 Å². The molecule has 0 bridgehead atoms. The van der Waals surface area contributed by atoms with Crippen molar-refractivity contribution < 1.29 is 9.47 Å². The summed E-state index contributed by atoms with van der Waals surface area (Å²) in [5.41, 5.74) is 9.15. The summed E-state index contributed by atoms with van der Waals surface area (Å²) in [7, 11) is 3.31. The third kappa shape index (κ3) is 5.05. The SMILES string of the molecule is COc1cc(OC)c2c(-c3ccccc3)c(C)[nH]c2c1/C=N/NC(=S)SCc1ccccc1. The number of rotatable bonds is 7. The van der Waals surface area contributed by atoms with Gasteiger partial charge >= 0.3 is 0 Å². The number of nitrogens with one attached hydrogen (secondary N) is 2. The van der Waals surface area contributed by atoms with Gasteiger partial charge in [0, 0.05) is 23.1 Å². The second kappa shape index (κ2) is 10.6. The Morgan fingerprint density at radius 2 is 1.70 bits per heavy atom. The van der Waals surface area contributed by atoms with Crippen LogP contribution in [0.3, 0.4) is 0 Å². The molecule has 4 aromatic rings. The van der Waals surface area contributed by atoms with Crippen LogP contribution in [-0.4, -0.2) is 29.7 Å². The predicted octanol–water partition coefficient (Wildman–Crippen LogP) is 6.30. The van der Waals surface area contributed by atoms with E-state index in [0.29, 0.717) is 10.1 Å². The Balaban J connectivity index is 1.65. The molecule has 2 N–H and O–H groups in total. The molecule has 7 heteroatoms. The van der Waals surface area contributed by atoms with Crippen LogP contribution < -0.4 is 14.9 Å². The van der Waals surface area contributed by atoms with Crippen LogP contribution in [0.25, 0.3) is 22.0 Å². The van der Waals surface area contributed by atoms with Gasteiger partial charge in [0.05, 0.1) is 36.9 Å². The highest BCUT2D eigenvalue weighted by Gasteiger charge is 2.20. The van der Waals surface area contributed by atoms with Crippen LogP contribution in [0.5, 0.6) is 11.5 Å². The smallest absolute Gasteiger partial charge is 0.154 e. The Morgan fingerprint density at radius 1 is 1.03 bits per heavy atom. The fourth-order valence-electron chi connectivity index (χ4n) is 3.79. The lowest BCUT2D eigenvalue weighted by atomic mass is 10.00. The van der Waals surface area contributed by atoms with Gasteiger partial charge in [0.25, 0.3) is 0 Å². The summed E-state index contributed by atoms with van der Waals surface area (Å²) in [4.78, 5) is 3.51. The van der Waals surface area contributed by atoms with Crippen molar-refractivity contribution >= 4 is 45.4 Å². The van der Waals surface area contributed by atoms with E-state index in [1.54, 1.807) is 20.4 Å². The summed E-state index contributed by atoms with van der Waals surface area (Å²) < 4.78 is 12.0. The van der Waals surface area contributed by atoms with Crippen molar-refractivity contribution in [3.8, 4) is 22.6 Å². The molecule has 0 radical (unpaired) electrons. The van der Waals surface area contributed by atoms with E-state index in [-0.39, 0.29) is 0 Å². The summed E-state index contributed by atoms with van der Waals surface area (Å²) in [5, 5.41) is 5.39. The van der Waals surface area contributed by atoms with Crippen LogP contribution in [0.2, 0.25) is 0 Å². The number of benzene rings is 3. The number of fused-ring (bicyclic) bond motifs is 1. The largest absolute Gasteiger partial charge is 0.496 e. The van der Waals surface area contributed by atoms with Gasteiger partial charge in [-0.2, -0.15) is 5.10 Å². The van der Waals surface area contributed by atoms with E-state index in [1.807, 2.05) is 42.5 Å². The molecule has 0 saturated carbocycles. The monoisotopic (exact) mass is 475 g/mol. The normalized spacial score (nSPS) is 11.1. The van der Waals surface area contributed by atoms with Crippen molar-refractivity contribution in [2.45, 2.75) is 12.7 Å². The molecule has 0 saturated heterocycles. The zero-order chi connectivity index (χ0) is 23.2. The zero-order valence-corrected chi connectivity index (χ0v) is 20.3. The number of aryl methyl sites for hydroxylation is 1. The quantitative estimate of drug-likeness (QED) is 0.187. The van der Waals surface area contributed by atoms with E-state index in [9.17, 15) is 0 Å². The molecule has 0 aliphatic carbocycles. The Kier molecular flexibility index (Phi) is 7.32. The van der Waals surface area contributed by atoms with Crippen LogP contribution in [0.15, 0.2) is 71.8 Å². The lowest BCUT2D eigenvalue weighted by molar-refractivity contribution is 0.397. The maximum atomic E-state index is 5.73. The fourth-order valence-corrected chi connectivity index (χ4v) is 4.63. The van der Waals surface area contributed by atoms with Crippen LogP contribution in [0.1, 0.15) is 16.8 Å². The molecule has 0 amide bonds. The highest BCUT2D eigenvalue weighted by atomic mass is 32.2. The van der Waals surface area contributed by atoms with Gasteiger partial charge in [-0.05, 0) is 18.1 Å². The lowest BCUT2D eigenvalue weighted by Crippen LogP contribution is -2.11. The molecule has 168 valence electrons. The standard InChI is InChI=1S/C26H25N3O2S2/c1-17-23(19-12-8-5-9-13-19)24-22(31-3)14-21(30-2)20(25(24)28-17)15-27-29-26(32)33-16-18-10-6-4-7-11-18/h4-15,28H,16H2,1-3H3,(H,29,32)/b27-15+. The number of ether oxygens (including phenoxy) is 2. The van der Waals surface area contributed by atoms with E-state index in [2.05, 4.69) is 46.7 Å². The second-order valence-electron chi connectivity index (χ2n) is 7.37. The molecule has 5 nitrogen and oxygen atoms in total. The number of nitrogens with zero attached hydrogens (tertiary/aromatic N) is 1. The average molecular weight is 476 g/mol. The zero-order valence-electron chi connectivity index (χ0n) is 18.7. The number of hydrogen-bond acceptors (Lipinski definition) is 5. The molecule has 4 rings (SSSR count). The van der Waals surface area contributed by atoms with E-state index in [4.69, 9.17) is 21.7 Å². The van der Waals surface area contributed by atoms with Crippen LogP contribution in [-0.2, 0) is 5.75 Å². The average Bonchev–Trinajstić information content (AvgIpc) is 3.20. The molecular formula is C26H25N3O2S2. The van der Waals surface area contributed by atoms with E-state index < -0.39 is 0 Å². The first-order valence-corrected chi connectivity index (χ1v) is 11.8. The first-order chi connectivity index (χ1) is 16.1. The summed E-state index contributed by atoms with van der Waals surface area (Å²) in [5.74, 6) is 2.19. The van der Waals surface area contributed by atoms with Crippen LogP contribution >= 0.6 is 24.0 Å². The number of aromatic amines is 1. The summed E-state index contributed by atoms with van der Waals surface area (Å²) in [6, 6.07) is 22.4. The van der Waals surface area contributed by atoms with Gasteiger partial charge in [0.15, 0.2) is 4.32 Å². The minimum absolute atomic E-state index is 0.603. The second-order valence-corrected chi connectivity index (χ2v) is 9.02. The molecule has 33 heavy (non-hydrogen) atoms. The van der Waals surface area contributed by atoms with Gasteiger partial charge in [-0.1, -0.05) is 84.6 Å². The Bertz CT molecular complexity index is 1290. The number of hydrazone groups is 1.